The molecule has 0 fully saturated rings. The van der Waals surface area contributed by atoms with Crippen molar-refractivity contribution in [1.82, 2.24) is 0 Å². The van der Waals surface area contributed by atoms with Crippen molar-refractivity contribution in [1.29, 1.82) is 0 Å². The lowest BCUT2D eigenvalue weighted by molar-refractivity contribution is -0.137. The van der Waals surface area contributed by atoms with Crippen molar-refractivity contribution in [2.24, 2.45) is 5.73 Å². The van der Waals surface area contributed by atoms with Crippen LogP contribution < -0.4 is 5.73 Å². The minimum atomic E-state index is -4.30. The van der Waals surface area contributed by atoms with Gasteiger partial charge in [0, 0.05) is 10.9 Å². The number of rotatable bonds is 3. The molecular weight excluding hydrogens is 295 g/mol. The Labute approximate surface area is 117 Å². The van der Waals surface area contributed by atoms with E-state index in [9.17, 15) is 13.2 Å². The van der Waals surface area contributed by atoms with E-state index in [1.165, 1.54) is 23.5 Å². The maximum atomic E-state index is 12.4. The molecule has 1 heterocycles. The second-order valence-corrected chi connectivity index (χ2v) is 5.89. The monoisotopic (exact) mass is 305 g/mol. The molecule has 2 aromatic rings. The lowest BCUT2D eigenvalue weighted by atomic mass is 10.0. The van der Waals surface area contributed by atoms with Crippen LogP contribution in [0.3, 0.4) is 0 Å². The highest BCUT2D eigenvalue weighted by Gasteiger charge is 2.29. The lowest BCUT2D eigenvalue weighted by Gasteiger charge is -2.11. The van der Waals surface area contributed by atoms with Crippen LogP contribution >= 0.6 is 22.9 Å². The summed E-state index contributed by atoms with van der Waals surface area (Å²) in [6.45, 7) is 0. The molecule has 2 N–H and O–H groups in total. The number of benzene rings is 1. The van der Waals surface area contributed by atoms with E-state index in [2.05, 4.69) is 0 Å². The Hall–Kier alpha value is -1.04. The molecule has 0 aliphatic heterocycles. The summed E-state index contributed by atoms with van der Waals surface area (Å²) in [5.41, 5.74) is 6.11. The first-order valence-electron chi connectivity index (χ1n) is 5.53. The molecule has 0 amide bonds. The van der Waals surface area contributed by atoms with Crippen LogP contribution in [0.4, 0.5) is 13.2 Å². The zero-order valence-corrected chi connectivity index (χ0v) is 11.3. The number of hydrogen-bond acceptors (Lipinski definition) is 2. The molecule has 0 saturated heterocycles. The SMILES string of the molecule is NC(Cc1ccc(C(F)(F)F)cc1)c1ccc(Cl)s1. The van der Waals surface area contributed by atoms with Gasteiger partial charge < -0.3 is 5.73 Å². The van der Waals surface area contributed by atoms with Crippen LogP contribution in [0.1, 0.15) is 22.0 Å². The molecule has 1 aromatic carbocycles. The van der Waals surface area contributed by atoms with Crippen LogP contribution in [-0.2, 0) is 12.6 Å². The molecule has 2 rings (SSSR count). The van der Waals surface area contributed by atoms with Crippen molar-refractivity contribution >= 4 is 22.9 Å². The fourth-order valence-electron chi connectivity index (χ4n) is 1.71. The van der Waals surface area contributed by atoms with Crippen molar-refractivity contribution in [3.63, 3.8) is 0 Å². The van der Waals surface area contributed by atoms with Gasteiger partial charge in [0.25, 0.3) is 0 Å². The molecule has 1 atom stereocenters. The largest absolute Gasteiger partial charge is 0.416 e. The summed E-state index contributed by atoms with van der Waals surface area (Å²) in [6, 6.07) is 8.40. The van der Waals surface area contributed by atoms with E-state index >= 15 is 0 Å². The predicted molar refractivity (Wildman–Crippen MR) is 71.4 cm³/mol. The highest BCUT2D eigenvalue weighted by atomic mass is 35.5. The van der Waals surface area contributed by atoms with Crippen LogP contribution in [0, 0.1) is 0 Å². The van der Waals surface area contributed by atoms with Gasteiger partial charge in [0.05, 0.1) is 9.90 Å². The quantitative estimate of drug-likeness (QED) is 0.876. The van der Waals surface area contributed by atoms with Crippen molar-refractivity contribution in [3.05, 3.63) is 56.7 Å². The van der Waals surface area contributed by atoms with Gasteiger partial charge in [-0.25, -0.2) is 0 Å². The van der Waals surface area contributed by atoms with Crippen LogP contribution in [0.15, 0.2) is 36.4 Å². The molecule has 102 valence electrons. The fraction of sp³-hybridized carbons (Fsp3) is 0.231. The third kappa shape index (κ3) is 3.72. The van der Waals surface area contributed by atoms with E-state index < -0.39 is 11.7 Å². The van der Waals surface area contributed by atoms with Gasteiger partial charge >= 0.3 is 6.18 Å². The van der Waals surface area contributed by atoms with Crippen LogP contribution in [0.2, 0.25) is 4.34 Å². The first kappa shape index (κ1) is 14.4. The molecule has 1 unspecified atom stereocenters. The van der Waals surface area contributed by atoms with E-state index in [-0.39, 0.29) is 6.04 Å². The molecule has 0 aliphatic carbocycles. The molecular formula is C13H11ClF3NS. The second kappa shape index (κ2) is 5.53. The van der Waals surface area contributed by atoms with Gasteiger partial charge in [0.15, 0.2) is 0 Å². The van der Waals surface area contributed by atoms with Crippen LogP contribution in [-0.4, -0.2) is 0 Å². The zero-order valence-electron chi connectivity index (χ0n) is 9.75. The minimum absolute atomic E-state index is 0.255. The highest BCUT2D eigenvalue weighted by Crippen LogP contribution is 2.30. The topological polar surface area (TPSA) is 26.0 Å². The Kier molecular flexibility index (Phi) is 4.18. The molecule has 0 aliphatic rings. The smallest absolute Gasteiger partial charge is 0.323 e. The maximum Gasteiger partial charge on any atom is 0.416 e. The Morgan fingerprint density at radius 3 is 2.21 bits per heavy atom. The lowest BCUT2D eigenvalue weighted by Crippen LogP contribution is -2.12. The summed E-state index contributed by atoms with van der Waals surface area (Å²) in [6.07, 6.45) is -3.82. The molecule has 1 nitrogen and oxygen atoms in total. The molecule has 6 heteroatoms. The highest BCUT2D eigenvalue weighted by molar-refractivity contribution is 7.16. The van der Waals surface area contributed by atoms with Gasteiger partial charge in [-0.1, -0.05) is 23.7 Å². The Bertz CT molecular complexity index is 548. The summed E-state index contributed by atoms with van der Waals surface area (Å²) >= 11 is 7.20. The third-order valence-electron chi connectivity index (χ3n) is 2.70. The third-order valence-corrected chi connectivity index (χ3v) is 4.06. The van der Waals surface area contributed by atoms with Crippen LogP contribution in [0.25, 0.3) is 0 Å². The summed E-state index contributed by atoms with van der Waals surface area (Å²) in [5.74, 6) is 0. The average molecular weight is 306 g/mol. The first-order chi connectivity index (χ1) is 8.86. The summed E-state index contributed by atoms with van der Waals surface area (Å²) in [7, 11) is 0. The number of thiophene rings is 1. The standard InChI is InChI=1S/C13H11ClF3NS/c14-12-6-5-11(19-12)10(18)7-8-1-3-9(4-2-8)13(15,16)17/h1-6,10H,7,18H2. The van der Waals surface area contributed by atoms with E-state index in [0.29, 0.717) is 10.8 Å². The summed E-state index contributed by atoms with van der Waals surface area (Å²) < 4.78 is 37.9. The molecule has 0 radical (unpaired) electrons. The minimum Gasteiger partial charge on any atom is -0.323 e. The predicted octanol–water partition coefficient (Wildman–Crippen LogP) is 4.66. The van der Waals surface area contributed by atoms with E-state index in [1.54, 1.807) is 6.07 Å². The summed E-state index contributed by atoms with van der Waals surface area (Å²) in [5, 5.41) is 0. The maximum absolute atomic E-state index is 12.4. The second-order valence-electron chi connectivity index (χ2n) is 4.15. The van der Waals surface area contributed by atoms with E-state index in [0.717, 1.165) is 22.6 Å². The average Bonchev–Trinajstić information content (AvgIpc) is 2.75. The van der Waals surface area contributed by atoms with Crippen LogP contribution in [0.5, 0.6) is 0 Å². The first-order valence-corrected chi connectivity index (χ1v) is 6.72. The van der Waals surface area contributed by atoms with Crippen molar-refractivity contribution in [2.75, 3.05) is 0 Å². The zero-order chi connectivity index (χ0) is 14.0. The van der Waals surface area contributed by atoms with Gasteiger partial charge in [0.1, 0.15) is 0 Å². The van der Waals surface area contributed by atoms with E-state index in [1.807, 2.05) is 6.07 Å². The molecule has 0 saturated carbocycles. The number of halogens is 4. The molecule has 19 heavy (non-hydrogen) atoms. The van der Waals surface area contributed by atoms with Gasteiger partial charge in [-0.3, -0.25) is 0 Å². The molecule has 1 aromatic heterocycles. The van der Waals surface area contributed by atoms with Gasteiger partial charge in [-0.05, 0) is 36.2 Å². The number of nitrogens with two attached hydrogens (primary N) is 1. The Balaban J connectivity index is 2.07. The Morgan fingerprint density at radius 1 is 1.11 bits per heavy atom. The molecule has 0 spiro atoms. The Morgan fingerprint density at radius 2 is 1.74 bits per heavy atom. The number of hydrogen-bond donors (Lipinski definition) is 1. The van der Waals surface area contributed by atoms with Crippen molar-refractivity contribution < 1.29 is 13.2 Å². The fourth-order valence-corrected chi connectivity index (χ4v) is 2.77. The van der Waals surface area contributed by atoms with E-state index in [4.69, 9.17) is 17.3 Å². The van der Waals surface area contributed by atoms with Gasteiger partial charge in [-0.2, -0.15) is 13.2 Å². The summed E-state index contributed by atoms with van der Waals surface area (Å²) in [4.78, 5) is 0.921. The van der Waals surface area contributed by atoms with Gasteiger partial charge in [0.2, 0.25) is 0 Å². The van der Waals surface area contributed by atoms with Crippen molar-refractivity contribution in [2.45, 2.75) is 18.6 Å². The number of alkyl halides is 3. The molecule has 0 bridgehead atoms. The van der Waals surface area contributed by atoms with Gasteiger partial charge in [-0.15, -0.1) is 11.3 Å². The normalized spacial score (nSPS) is 13.5. The van der Waals surface area contributed by atoms with Crippen molar-refractivity contribution in [3.8, 4) is 0 Å².